The third-order valence-corrected chi connectivity index (χ3v) is 5.50. The van der Waals surface area contributed by atoms with E-state index in [9.17, 15) is 4.79 Å². The molecule has 0 amide bonds. The largest absolute Gasteiger partial charge is 0.377 e. The van der Waals surface area contributed by atoms with Crippen LogP contribution in [-0.4, -0.2) is 28.0 Å². The fraction of sp³-hybridized carbons (Fsp3) is 0.300. The molecule has 0 N–H and O–H groups in total. The van der Waals surface area contributed by atoms with Crippen LogP contribution >= 0.6 is 11.8 Å². The molecule has 0 radical (unpaired) electrons. The van der Waals surface area contributed by atoms with Gasteiger partial charge in [0.1, 0.15) is 0 Å². The highest BCUT2D eigenvalue weighted by Gasteiger charge is 2.18. The highest BCUT2D eigenvalue weighted by molar-refractivity contribution is 7.99. The van der Waals surface area contributed by atoms with Gasteiger partial charge in [-0.25, -0.2) is 4.98 Å². The minimum atomic E-state index is -0.0242. The van der Waals surface area contributed by atoms with E-state index >= 15 is 0 Å². The smallest absolute Gasteiger partial charge is 0.266 e. The first-order chi connectivity index (χ1) is 12.3. The lowest BCUT2D eigenvalue weighted by Crippen LogP contribution is -2.24. The monoisotopic (exact) mass is 352 g/mol. The summed E-state index contributed by atoms with van der Waals surface area (Å²) < 4.78 is 7.55. The van der Waals surface area contributed by atoms with Crippen molar-refractivity contribution in [2.24, 2.45) is 0 Å². The van der Waals surface area contributed by atoms with E-state index in [4.69, 9.17) is 9.72 Å². The molecule has 1 aliphatic rings. The molecule has 5 heteroatoms. The predicted octanol–water partition coefficient (Wildman–Crippen LogP) is 4.05. The lowest BCUT2D eigenvalue weighted by Gasteiger charge is -2.22. The first kappa shape index (κ1) is 16.4. The zero-order chi connectivity index (χ0) is 17.1. The first-order valence-corrected chi connectivity index (χ1v) is 9.63. The average Bonchev–Trinajstić information content (AvgIpc) is 2.68. The van der Waals surface area contributed by atoms with E-state index in [0.717, 1.165) is 41.6 Å². The molecule has 4 nitrogen and oxygen atoms in total. The molecule has 1 aliphatic heterocycles. The zero-order valence-corrected chi connectivity index (χ0v) is 14.7. The number of rotatable bonds is 4. The Morgan fingerprint density at radius 3 is 2.68 bits per heavy atom. The summed E-state index contributed by atoms with van der Waals surface area (Å²) in [6.07, 6.45) is 3.67. The van der Waals surface area contributed by atoms with E-state index in [0.29, 0.717) is 5.39 Å². The molecule has 1 fully saturated rings. The highest BCUT2D eigenvalue weighted by Crippen LogP contribution is 2.25. The minimum absolute atomic E-state index is 0.0242. The molecule has 25 heavy (non-hydrogen) atoms. The fourth-order valence-electron chi connectivity index (χ4n) is 3.12. The van der Waals surface area contributed by atoms with Crippen LogP contribution in [0.15, 0.2) is 64.5 Å². The maximum absolute atomic E-state index is 13.1. The molecule has 4 rings (SSSR count). The molecular weight excluding hydrogens is 332 g/mol. The summed E-state index contributed by atoms with van der Waals surface area (Å²) in [5, 5.41) is 1.37. The predicted molar refractivity (Wildman–Crippen MR) is 102 cm³/mol. The van der Waals surface area contributed by atoms with Crippen LogP contribution in [0.4, 0.5) is 0 Å². The molecule has 1 atom stereocenters. The standard InChI is InChI=1S/C20H20N2O2S/c23-19-17-11-4-5-12-18(17)21-20(22(19)15-8-2-1-3-9-15)25-14-16-10-6-7-13-24-16/h1-5,8-9,11-12,16H,6-7,10,13-14H2/t16-/m0/s1. The van der Waals surface area contributed by atoms with E-state index < -0.39 is 0 Å². The van der Waals surface area contributed by atoms with Crippen LogP contribution < -0.4 is 5.56 Å². The number of fused-ring (bicyclic) bond motifs is 1. The van der Waals surface area contributed by atoms with Gasteiger partial charge in [0, 0.05) is 12.4 Å². The van der Waals surface area contributed by atoms with Crippen molar-refractivity contribution in [3.05, 3.63) is 65.0 Å². The Morgan fingerprint density at radius 2 is 1.88 bits per heavy atom. The molecule has 1 aromatic heterocycles. The molecule has 0 saturated carbocycles. The molecule has 1 saturated heterocycles. The van der Waals surface area contributed by atoms with Gasteiger partial charge >= 0.3 is 0 Å². The Kier molecular flexibility index (Phi) is 4.85. The van der Waals surface area contributed by atoms with Gasteiger partial charge < -0.3 is 4.74 Å². The summed E-state index contributed by atoms with van der Waals surface area (Å²) in [7, 11) is 0. The summed E-state index contributed by atoms with van der Waals surface area (Å²) >= 11 is 1.60. The van der Waals surface area contributed by atoms with Crippen molar-refractivity contribution in [3.8, 4) is 5.69 Å². The molecule has 128 valence electrons. The molecule has 2 heterocycles. The van der Waals surface area contributed by atoms with Gasteiger partial charge in [-0.2, -0.15) is 0 Å². The van der Waals surface area contributed by atoms with Crippen LogP contribution in [0.25, 0.3) is 16.6 Å². The van der Waals surface area contributed by atoms with Crippen LogP contribution in [0.1, 0.15) is 19.3 Å². The van der Waals surface area contributed by atoms with Crippen molar-refractivity contribution in [1.29, 1.82) is 0 Å². The number of nitrogens with zero attached hydrogens (tertiary/aromatic N) is 2. The molecule has 2 aromatic carbocycles. The molecule has 0 unspecified atom stereocenters. The summed E-state index contributed by atoms with van der Waals surface area (Å²) in [5.41, 5.74) is 1.56. The Balaban J connectivity index is 1.76. The molecule has 0 spiro atoms. The maximum atomic E-state index is 13.1. The van der Waals surface area contributed by atoms with Gasteiger partial charge in [0.2, 0.25) is 0 Å². The fourth-order valence-corrected chi connectivity index (χ4v) is 4.20. The van der Waals surface area contributed by atoms with Crippen LogP contribution in [0.2, 0.25) is 0 Å². The minimum Gasteiger partial charge on any atom is -0.377 e. The number of thioether (sulfide) groups is 1. The number of hydrogen-bond acceptors (Lipinski definition) is 4. The highest BCUT2D eigenvalue weighted by atomic mass is 32.2. The van der Waals surface area contributed by atoms with Crippen LogP contribution in [0.3, 0.4) is 0 Å². The van der Waals surface area contributed by atoms with Crippen molar-refractivity contribution in [1.82, 2.24) is 9.55 Å². The van der Waals surface area contributed by atoms with E-state index in [-0.39, 0.29) is 11.7 Å². The second-order valence-electron chi connectivity index (χ2n) is 6.19. The van der Waals surface area contributed by atoms with E-state index in [1.165, 1.54) is 6.42 Å². The second kappa shape index (κ2) is 7.42. The van der Waals surface area contributed by atoms with Crippen molar-refractivity contribution in [2.45, 2.75) is 30.5 Å². The summed E-state index contributed by atoms with van der Waals surface area (Å²) in [5.74, 6) is 0.817. The van der Waals surface area contributed by atoms with Crippen molar-refractivity contribution in [3.63, 3.8) is 0 Å². The van der Waals surface area contributed by atoms with Crippen LogP contribution in [0.5, 0.6) is 0 Å². The van der Waals surface area contributed by atoms with E-state index in [1.807, 2.05) is 54.6 Å². The number of aromatic nitrogens is 2. The van der Waals surface area contributed by atoms with Crippen LogP contribution in [0, 0.1) is 0 Å². The van der Waals surface area contributed by atoms with Crippen molar-refractivity contribution >= 4 is 22.7 Å². The third-order valence-electron chi connectivity index (χ3n) is 4.43. The summed E-state index contributed by atoms with van der Waals surface area (Å²) in [6.45, 7) is 0.835. The number of benzene rings is 2. The Hall–Kier alpha value is -2.11. The molecule has 0 bridgehead atoms. The van der Waals surface area contributed by atoms with Crippen molar-refractivity contribution < 1.29 is 4.74 Å². The van der Waals surface area contributed by atoms with Gasteiger partial charge in [0.25, 0.3) is 5.56 Å². The van der Waals surface area contributed by atoms with Gasteiger partial charge in [-0.05, 0) is 43.5 Å². The van der Waals surface area contributed by atoms with E-state index in [2.05, 4.69) is 0 Å². The molecule has 0 aliphatic carbocycles. The number of para-hydroxylation sites is 2. The lowest BCUT2D eigenvalue weighted by atomic mass is 10.1. The van der Waals surface area contributed by atoms with Gasteiger partial charge in [0.05, 0.1) is 22.7 Å². The summed E-state index contributed by atoms with van der Waals surface area (Å²) in [6, 6.07) is 17.2. The Bertz CT molecular complexity index is 918. The molecule has 3 aromatic rings. The normalized spacial score (nSPS) is 17.7. The number of ether oxygens (including phenoxy) is 1. The van der Waals surface area contributed by atoms with E-state index in [1.54, 1.807) is 16.3 Å². The second-order valence-corrected chi connectivity index (χ2v) is 7.17. The molecular formula is C20H20N2O2S. The SMILES string of the molecule is O=c1c2ccccc2nc(SC[C@@H]2CCCCO2)n1-c1ccccc1. The summed E-state index contributed by atoms with van der Waals surface area (Å²) in [4.78, 5) is 17.8. The van der Waals surface area contributed by atoms with Crippen LogP contribution in [-0.2, 0) is 4.74 Å². The Morgan fingerprint density at radius 1 is 1.08 bits per heavy atom. The zero-order valence-electron chi connectivity index (χ0n) is 13.9. The maximum Gasteiger partial charge on any atom is 0.266 e. The lowest BCUT2D eigenvalue weighted by molar-refractivity contribution is 0.0315. The Labute approximate surface area is 150 Å². The first-order valence-electron chi connectivity index (χ1n) is 8.64. The van der Waals surface area contributed by atoms with Crippen molar-refractivity contribution in [2.75, 3.05) is 12.4 Å². The third kappa shape index (κ3) is 3.48. The quantitative estimate of drug-likeness (QED) is 0.525. The van der Waals surface area contributed by atoms with Gasteiger partial charge in [-0.15, -0.1) is 0 Å². The van der Waals surface area contributed by atoms with Gasteiger partial charge in [0.15, 0.2) is 5.16 Å². The average molecular weight is 352 g/mol. The number of hydrogen-bond donors (Lipinski definition) is 0. The van der Waals surface area contributed by atoms with Gasteiger partial charge in [-0.3, -0.25) is 9.36 Å². The topological polar surface area (TPSA) is 44.1 Å². The van der Waals surface area contributed by atoms with Gasteiger partial charge in [-0.1, -0.05) is 42.1 Å².